The van der Waals surface area contributed by atoms with Crippen molar-refractivity contribution in [2.45, 2.75) is 6.54 Å². The van der Waals surface area contributed by atoms with E-state index >= 15 is 0 Å². The number of halogens is 1. The van der Waals surface area contributed by atoms with Crippen molar-refractivity contribution >= 4 is 29.6 Å². The fraction of sp³-hybridized carbons (Fsp3) is 0.125. The number of ether oxygens (including phenoxy) is 1. The lowest BCUT2D eigenvalue weighted by Gasteiger charge is -2.10. The molecule has 0 saturated heterocycles. The topological polar surface area (TPSA) is 67.4 Å². The molecule has 0 spiro atoms. The fourth-order valence-electron chi connectivity index (χ4n) is 1.93. The number of rotatable bonds is 6. The van der Waals surface area contributed by atoms with E-state index in [1.807, 2.05) is 0 Å². The molecule has 0 aromatic heterocycles. The number of amides is 2. The molecule has 2 amide bonds. The monoisotopic (exact) mass is 318 g/mol. The molecule has 0 saturated carbocycles. The highest BCUT2D eigenvalue weighted by Crippen LogP contribution is 2.23. The van der Waals surface area contributed by atoms with Crippen molar-refractivity contribution in [1.82, 2.24) is 5.32 Å². The summed E-state index contributed by atoms with van der Waals surface area (Å²) in [4.78, 5) is 22.4. The van der Waals surface area contributed by atoms with Crippen LogP contribution in [-0.2, 0) is 11.3 Å². The maximum Gasteiger partial charge on any atom is 0.251 e. The van der Waals surface area contributed by atoms with Gasteiger partial charge in [-0.15, -0.1) is 0 Å². The second-order valence-electron chi connectivity index (χ2n) is 4.48. The van der Waals surface area contributed by atoms with Gasteiger partial charge < -0.3 is 15.4 Å². The van der Waals surface area contributed by atoms with Gasteiger partial charge in [-0.2, -0.15) is 0 Å². The van der Waals surface area contributed by atoms with E-state index in [2.05, 4.69) is 10.6 Å². The van der Waals surface area contributed by atoms with Gasteiger partial charge in [0.1, 0.15) is 5.75 Å². The molecule has 2 aromatic carbocycles. The molecule has 0 fully saturated rings. The molecular weight excluding hydrogens is 304 g/mol. The molecule has 22 heavy (non-hydrogen) atoms. The number of benzene rings is 2. The average molecular weight is 319 g/mol. The Morgan fingerprint density at radius 3 is 2.59 bits per heavy atom. The minimum atomic E-state index is -0.213. The lowest BCUT2D eigenvalue weighted by atomic mass is 10.1. The Morgan fingerprint density at radius 2 is 1.95 bits per heavy atom. The van der Waals surface area contributed by atoms with Gasteiger partial charge in [-0.25, -0.2) is 0 Å². The molecule has 0 aliphatic carbocycles. The van der Waals surface area contributed by atoms with Crippen LogP contribution in [0.5, 0.6) is 5.75 Å². The minimum Gasteiger partial charge on any atom is -0.496 e. The maximum atomic E-state index is 12.1. The third-order valence-electron chi connectivity index (χ3n) is 3.06. The lowest BCUT2D eigenvalue weighted by Crippen LogP contribution is -2.23. The summed E-state index contributed by atoms with van der Waals surface area (Å²) >= 11 is 5.90. The van der Waals surface area contributed by atoms with Gasteiger partial charge in [0.15, 0.2) is 0 Å². The molecule has 0 aliphatic rings. The van der Waals surface area contributed by atoms with Gasteiger partial charge in [-0.05, 0) is 36.4 Å². The molecule has 0 aliphatic heterocycles. The van der Waals surface area contributed by atoms with Crippen LogP contribution in [0.15, 0.2) is 42.5 Å². The molecule has 2 N–H and O–H groups in total. The fourth-order valence-corrected chi connectivity index (χ4v) is 2.09. The van der Waals surface area contributed by atoms with Gasteiger partial charge in [0.05, 0.1) is 7.11 Å². The Balaban J connectivity index is 2.02. The summed E-state index contributed by atoms with van der Waals surface area (Å²) in [5.41, 5.74) is 1.97. The van der Waals surface area contributed by atoms with Gasteiger partial charge in [-0.3, -0.25) is 9.59 Å². The molecule has 114 valence electrons. The zero-order chi connectivity index (χ0) is 15.9. The number of nitrogens with one attached hydrogen (secondary N) is 2. The first-order valence-corrected chi connectivity index (χ1v) is 6.92. The van der Waals surface area contributed by atoms with Gasteiger partial charge in [0, 0.05) is 28.4 Å². The Kier molecular flexibility index (Phi) is 5.38. The highest BCUT2D eigenvalue weighted by atomic mass is 35.5. The third-order valence-corrected chi connectivity index (χ3v) is 3.30. The second kappa shape index (κ2) is 7.47. The lowest BCUT2D eigenvalue weighted by molar-refractivity contribution is -0.105. The van der Waals surface area contributed by atoms with Crippen molar-refractivity contribution < 1.29 is 14.3 Å². The number of hydrogen-bond donors (Lipinski definition) is 2. The standard InChI is InChI=1S/C16H15ClN2O3/c1-22-15-8-13(17)5-2-12(15)9-18-16(21)11-3-6-14(7-4-11)19-10-20/h2-8,10H,9H2,1H3,(H,18,21)(H,19,20). The highest BCUT2D eigenvalue weighted by Gasteiger charge is 2.08. The van der Waals surface area contributed by atoms with E-state index in [4.69, 9.17) is 16.3 Å². The van der Waals surface area contributed by atoms with Crippen LogP contribution in [0.25, 0.3) is 0 Å². The number of carbonyl (C=O) groups is 2. The Bertz CT molecular complexity index is 672. The Morgan fingerprint density at radius 1 is 1.23 bits per heavy atom. The average Bonchev–Trinajstić information content (AvgIpc) is 2.54. The van der Waals surface area contributed by atoms with Crippen molar-refractivity contribution in [2.75, 3.05) is 12.4 Å². The summed E-state index contributed by atoms with van der Waals surface area (Å²) in [6, 6.07) is 11.8. The van der Waals surface area contributed by atoms with E-state index in [0.717, 1.165) is 5.56 Å². The van der Waals surface area contributed by atoms with Gasteiger partial charge in [-0.1, -0.05) is 17.7 Å². The van der Waals surface area contributed by atoms with E-state index in [0.29, 0.717) is 35.0 Å². The van der Waals surface area contributed by atoms with E-state index in [-0.39, 0.29) is 5.91 Å². The minimum absolute atomic E-state index is 0.213. The Labute approximate surface area is 133 Å². The van der Waals surface area contributed by atoms with E-state index in [1.165, 1.54) is 0 Å². The zero-order valence-electron chi connectivity index (χ0n) is 11.9. The highest BCUT2D eigenvalue weighted by molar-refractivity contribution is 6.30. The van der Waals surface area contributed by atoms with Crippen molar-refractivity contribution in [3.05, 3.63) is 58.6 Å². The van der Waals surface area contributed by atoms with Crippen LogP contribution >= 0.6 is 11.6 Å². The van der Waals surface area contributed by atoms with Crippen LogP contribution in [0.2, 0.25) is 5.02 Å². The smallest absolute Gasteiger partial charge is 0.251 e. The number of carbonyl (C=O) groups excluding carboxylic acids is 2. The van der Waals surface area contributed by atoms with Crippen LogP contribution in [0.1, 0.15) is 15.9 Å². The predicted octanol–water partition coefficient (Wildman–Crippen LogP) is 2.85. The third kappa shape index (κ3) is 3.99. The van der Waals surface area contributed by atoms with Gasteiger partial charge in [0.25, 0.3) is 5.91 Å². The van der Waals surface area contributed by atoms with E-state index in [9.17, 15) is 9.59 Å². The summed E-state index contributed by atoms with van der Waals surface area (Å²) in [7, 11) is 1.55. The van der Waals surface area contributed by atoms with Crippen molar-refractivity contribution in [2.24, 2.45) is 0 Å². The number of hydrogen-bond acceptors (Lipinski definition) is 3. The molecule has 0 heterocycles. The number of anilines is 1. The Hall–Kier alpha value is -2.53. The maximum absolute atomic E-state index is 12.1. The summed E-state index contributed by atoms with van der Waals surface area (Å²) in [5.74, 6) is 0.410. The van der Waals surface area contributed by atoms with Crippen LogP contribution in [0.4, 0.5) is 5.69 Å². The normalized spacial score (nSPS) is 9.91. The largest absolute Gasteiger partial charge is 0.496 e. The zero-order valence-corrected chi connectivity index (χ0v) is 12.7. The number of methoxy groups -OCH3 is 1. The molecular formula is C16H15ClN2O3. The summed E-state index contributed by atoms with van der Waals surface area (Å²) < 4.78 is 5.23. The molecule has 0 atom stereocenters. The predicted molar refractivity (Wildman–Crippen MR) is 85.3 cm³/mol. The second-order valence-corrected chi connectivity index (χ2v) is 4.91. The first kappa shape index (κ1) is 15.9. The molecule has 0 bridgehead atoms. The molecule has 6 heteroatoms. The quantitative estimate of drug-likeness (QED) is 0.805. The van der Waals surface area contributed by atoms with Crippen LogP contribution in [0.3, 0.4) is 0 Å². The first-order chi connectivity index (χ1) is 10.6. The van der Waals surface area contributed by atoms with Crippen molar-refractivity contribution in [1.29, 1.82) is 0 Å². The van der Waals surface area contributed by atoms with Crippen LogP contribution in [0, 0.1) is 0 Å². The molecule has 5 nitrogen and oxygen atoms in total. The van der Waals surface area contributed by atoms with Gasteiger partial charge >= 0.3 is 0 Å². The van der Waals surface area contributed by atoms with Crippen molar-refractivity contribution in [3.63, 3.8) is 0 Å². The SMILES string of the molecule is COc1cc(Cl)ccc1CNC(=O)c1ccc(NC=O)cc1. The summed E-state index contributed by atoms with van der Waals surface area (Å²) in [6.07, 6.45) is 0.585. The van der Waals surface area contributed by atoms with Crippen LogP contribution < -0.4 is 15.4 Å². The molecule has 0 radical (unpaired) electrons. The van der Waals surface area contributed by atoms with Crippen molar-refractivity contribution in [3.8, 4) is 5.75 Å². The van der Waals surface area contributed by atoms with Gasteiger partial charge in [0.2, 0.25) is 6.41 Å². The summed E-state index contributed by atoms with van der Waals surface area (Å²) in [5, 5.41) is 5.89. The molecule has 0 unspecified atom stereocenters. The first-order valence-electron chi connectivity index (χ1n) is 6.55. The van der Waals surface area contributed by atoms with Crippen LogP contribution in [-0.4, -0.2) is 19.4 Å². The molecule has 2 aromatic rings. The van der Waals surface area contributed by atoms with E-state index in [1.54, 1.807) is 49.6 Å². The summed E-state index contributed by atoms with van der Waals surface area (Å²) in [6.45, 7) is 0.327. The molecule has 2 rings (SSSR count). The van der Waals surface area contributed by atoms with E-state index < -0.39 is 0 Å².